The number of aryl methyl sites for hydroxylation is 1. The van der Waals surface area contributed by atoms with Crippen LogP contribution in [0.4, 0.5) is 24.5 Å². The third-order valence-electron chi connectivity index (χ3n) is 7.43. The number of piperidine rings is 1. The Balaban J connectivity index is 1.53. The zero-order valence-electron chi connectivity index (χ0n) is 21.5. The second kappa shape index (κ2) is 10.6. The van der Waals surface area contributed by atoms with Crippen LogP contribution >= 0.6 is 0 Å². The first-order chi connectivity index (χ1) is 17.5. The van der Waals surface area contributed by atoms with Crippen LogP contribution in [0.3, 0.4) is 0 Å². The molecule has 8 nitrogen and oxygen atoms in total. The minimum Gasteiger partial charge on any atom is -0.481 e. The first kappa shape index (κ1) is 26.8. The summed E-state index contributed by atoms with van der Waals surface area (Å²) in [5.41, 5.74) is 1.29. The highest BCUT2D eigenvalue weighted by Crippen LogP contribution is 2.41. The van der Waals surface area contributed by atoms with E-state index in [0.29, 0.717) is 38.4 Å². The summed E-state index contributed by atoms with van der Waals surface area (Å²) in [5.74, 6) is -0.923. The van der Waals surface area contributed by atoms with E-state index >= 15 is 0 Å². The number of carbonyl (C=O) groups is 1. The van der Waals surface area contributed by atoms with Crippen LogP contribution in [0.5, 0.6) is 11.8 Å². The molecule has 2 aliphatic rings. The van der Waals surface area contributed by atoms with Crippen molar-refractivity contribution in [2.45, 2.75) is 58.4 Å². The molecule has 0 amide bonds. The summed E-state index contributed by atoms with van der Waals surface area (Å²) in [7, 11) is 1.55. The number of anilines is 2. The van der Waals surface area contributed by atoms with E-state index in [0.717, 1.165) is 17.3 Å². The third kappa shape index (κ3) is 5.86. The van der Waals surface area contributed by atoms with E-state index in [1.165, 1.54) is 6.20 Å². The van der Waals surface area contributed by atoms with Crippen LogP contribution in [-0.2, 0) is 11.0 Å². The van der Waals surface area contributed by atoms with Gasteiger partial charge in [0.25, 0.3) is 0 Å². The number of hydrogen-bond acceptors (Lipinski definition) is 7. The Morgan fingerprint density at radius 1 is 1.14 bits per heavy atom. The van der Waals surface area contributed by atoms with Gasteiger partial charge in [0.1, 0.15) is 11.7 Å². The molecular weight excluding hydrogens is 489 g/mol. The molecule has 2 aliphatic heterocycles. The highest BCUT2D eigenvalue weighted by Gasteiger charge is 2.40. The molecular formula is C26H33F3N4O4. The van der Waals surface area contributed by atoms with Crippen LogP contribution in [0, 0.1) is 18.8 Å². The number of ether oxygens (including phenoxy) is 2. The normalized spacial score (nSPS) is 24.3. The fourth-order valence-electron chi connectivity index (χ4n) is 5.32. The van der Waals surface area contributed by atoms with Crippen LogP contribution < -0.4 is 19.3 Å². The van der Waals surface area contributed by atoms with Gasteiger partial charge in [0.05, 0.1) is 25.4 Å². The van der Waals surface area contributed by atoms with E-state index in [2.05, 4.69) is 14.9 Å². The minimum atomic E-state index is -4.67. The van der Waals surface area contributed by atoms with Crippen molar-refractivity contribution in [3.63, 3.8) is 0 Å². The number of methoxy groups -OCH3 is 1. The second-order valence-electron chi connectivity index (χ2n) is 10.0. The molecule has 4 rings (SSSR count). The summed E-state index contributed by atoms with van der Waals surface area (Å²) >= 11 is 0. The molecule has 2 aromatic rings. The third-order valence-corrected chi connectivity index (χ3v) is 7.43. The zero-order chi connectivity index (χ0) is 26.9. The number of aliphatic carboxylic acids is 1. The average molecular weight is 523 g/mol. The number of halogens is 3. The Morgan fingerprint density at radius 3 is 2.54 bits per heavy atom. The van der Waals surface area contributed by atoms with Gasteiger partial charge in [-0.3, -0.25) is 4.79 Å². The van der Waals surface area contributed by atoms with Crippen LogP contribution in [0.2, 0.25) is 0 Å². The number of hydrogen-bond donors (Lipinski definition) is 1. The number of carboxylic acids is 1. The van der Waals surface area contributed by atoms with Crippen LogP contribution in [0.1, 0.15) is 44.2 Å². The van der Waals surface area contributed by atoms with Gasteiger partial charge in [-0.25, -0.2) is 9.97 Å². The largest absolute Gasteiger partial charge is 0.481 e. The molecule has 1 N–H and O–H groups in total. The van der Waals surface area contributed by atoms with Crippen LogP contribution in [-0.4, -0.2) is 59.9 Å². The molecule has 2 fully saturated rings. The van der Waals surface area contributed by atoms with E-state index < -0.39 is 29.7 Å². The molecule has 2 unspecified atom stereocenters. The van der Waals surface area contributed by atoms with Gasteiger partial charge in [-0.05, 0) is 30.9 Å². The number of alkyl halides is 3. The molecule has 37 heavy (non-hydrogen) atoms. The number of pyridine rings is 2. The number of carboxylic acid groups (broad SMARTS) is 1. The molecule has 4 atom stereocenters. The lowest BCUT2D eigenvalue weighted by Crippen LogP contribution is -2.45. The van der Waals surface area contributed by atoms with Gasteiger partial charge in [0.2, 0.25) is 11.8 Å². The van der Waals surface area contributed by atoms with E-state index in [1.54, 1.807) is 18.2 Å². The van der Waals surface area contributed by atoms with E-state index in [4.69, 9.17) is 9.47 Å². The molecule has 0 aliphatic carbocycles. The Kier molecular flexibility index (Phi) is 7.70. The summed E-state index contributed by atoms with van der Waals surface area (Å²) in [4.78, 5) is 23.5. The average Bonchev–Trinajstić information content (AvgIpc) is 3.19. The maximum atomic E-state index is 14.1. The van der Waals surface area contributed by atoms with Gasteiger partial charge in [-0.15, -0.1) is 0 Å². The Labute approximate surface area is 214 Å². The van der Waals surface area contributed by atoms with Crippen molar-refractivity contribution in [3.8, 4) is 11.8 Å². The monoisotopic (exact) mass is 522 g/mol. The molecule has 0 aromatic carbocycles. The molecule has 0 bridgehead atoms. The van der Waals surface area contributed by atoms with Crippen molar-refractivity contribution in [1.29, 1.82) is 0 Å². The van der Waals surface area contributed by atoms with Crippen molar-refractivity contribution in [2.24, 2.45) is 11.8 Å². The molecule has 0 saturated carbocycles. The highest BCUT2D eigenvalue weighted by atomic mass is 19.4. The van der Waals surface area contributed by atoms with Crippen LogP contribution in [0.25, 0.3) is 0 Å². The first-order valence-corrected chi connectivity index (χ1v) is 12.5. The predicted octanol–water partition coefficient (Wildman–Crippen LogP) is 4.80. The molecule has 2 saturated heterocycles. The smallest absolute Gasteiger partial charge is 0.421 e. The lowest BCUT2D eigenvalue weighted by Gasteiger charge is -2.39. The second-order valence-corrected chi connectivity index (χ2v) is 10.0. The van der Waals surface area contributed by atoms with E-state index in [-0.39, 0.29) is 30.0 Å². The van der Waals surface area contributed by atoms with Crippen molar-refractivity contribution < 1.29 is 32.5 Å². The van der Waals surface area contributed by atoms with Gasteiger partial charge in [0.15, 0.2) is 0 Å². The van der Waals surface area contributed by atoms with Crippen molar-refractivity contribution >= 4 is 17.3 Å². The Hall–Kier alpha value is -3.24. The number of rotatable bonds is 7. The summed E-state index contributed by atoms with van der Waals surface area (Å²) in [6, 6.07) is 2.52. The standard InChI is InChI=1S/C26H33F3N4O4/c1-15-5-8-33(21(15)11-24(34)35)18-9-19(26(27,28)29)25(31-13-18)37-22-6-7-32(14-17(22)3)20-10-23(36-4)30-12-16(20)2/h9-10,12-13,15,17,21-22H,5-8,11,14H2,1-4H3,(H,34,35)/t15-,17?,21+,22?/m1/s1. The van der Waals surface area contributed by atoms with Gasteiger partial charge in [-0.1, -0.05) is 13.8 Å². The predicted molar refractivity (Wildman–Crippen MR) is 132 cm³/mol. The van der Waals surface area contributed by atoms with Gasteiger partial charge in [0, 0.05) is 56.0 Å². The zero-order valence-corrected chi connectivity index (χ0v) is 21.5. The highest BCUT2D eigenvalue weighted by molar-refractivity contribution is 5.69. The summed E-state index contributed by atoms with van der Waals surface area (Å²) in [6.45, 7) is 7.51. The molecule has 0 radical (unpaired) electrons. The van der Waals surface area contributed by atoms with E-state index in [1.807, 2.05) is 26.8 Å². The van der Waals surface area contributed by atoms with Crippen LogP contribution in [0.15, 0.2) is 24.5 Å². The quantitative estimate of drug-likeness (QED) is 0.555. The van der Waals surface area contributed by atoms with E-state index in [9.17, 15) is 23.1 Å². The Bertz CT molecular complexity index is 1130. The minimum absolute atomic E-state index is 0.0522. The maximum Gasteiger partial charge on any atom is 0.421 e. The molecule has 2 aromatic heterocycles. The van der Waals surface area contributed by atoms with Gasteiger partial charge in [-0.2, -0.15) is 13.2 Å². The first-order valence-electron chi connectivity index (χ1n) is 12.5. The van der Waals surface area contributed by atoms with Crippen molar-refractivity contribution in [3.05, 3.63) is 35.7 Å². The Morgan fingerprint density at radius 2 is 1.89 bits per heavy atom. The summed E-state index contributed by atoms with van der Waals surface area (Å²) < 4.78 is 53.4. The van der Waals surface area contributed by atoms with Gasteiger partial charge >= 0.3 is 12.1 Å². The maximum absolute atomic E-state index is 14.1. The van der Waals surface area contributed by atoms with Crippen molar-refractivity contribution in [1.82, 2.24) is 9.97 Å². The molecule has 202 valence electrons. The summed E-state index contributed by atoms with van der Waals surface area (Å²) in [6.07, 6.45) is -0.909. The molecule has 0 spiro atoms. The van der Waals surface area contributed by atoms with Crippen molar-refractivity contribution in [2.75, 3.05) is 36.5 Å². The molecule has 11 heteroatoms. The lowest BCUT2D eigenvalue weighted by molar-refractivity contribution is -0.140. The lowest BCUT2D eigenvalue weighted by atomic mass is 9.95. The fraction of sp³-hybridized carbons (Fsp3) is 0.577. The molecule has 4 heterocycles. The van der Waals surface area contributed by atoms with Gasteiger partial charge < -0.3 is 24.4 Å². The number of nitrogens with zero attached hydrogens (tertiary/aromatic N) is 4. The number of aromatic nitrogens is 2. The topological polar surface area (TPSA) is 88.0 Å². The summed E-state index contributed by atoms with van der Waals surface area (Å²) in [5, 5.41) is 9.27. The SMILES string of the molecule is COc1cc(N2CCC(Oc3ncc(N4CC[C@@H](C)[C@@H]4CC(=O)O)cc3C(F)(F)F)C(C)C2)c(C)cn1. The fourth-order valence-corrected chi connectivity index (χ4v) is 5.32.